The number of halogens is 2. The third-order valence-corrected chi connectivity index (χ3v) is 7.02. The highest BCUT2D eigenvalue weighted by Crippen LogP contribution is 2.54. The highest BCUT2D eigenvalue weighted by atomic mass is 79.9. The highest BCUT2D eigenvalue weighted by molar-refractivity contribution is 9.10. The average molecular weight is 468 g/mol. The summed E-state index contributed by atoms with van der Waals surface area (Å²) in [5, 5.41) is 0. The van der Waals surface area contributed by atoms with Crippen molar-refractivity contribution >= 4 is 31.9 Å². The van der Waals surface area contributed by atoms with Gasteiger partial charge < -0.3 is 14.2 Å². The maximum Gasteiger partial charge on any atom is 0.178 e. The molecule has 0 aromatic heterocycles. The summed E-state index contributed by atoms with van der Waals surface area (Å²) in [5.74, 6) is 0. The molecule has 0 bridgehead atoms. The third kappa shape index (κ3) is 3.21. The molecule has 0 saturated carbocycles. The topological polar surface area (TPSA) is 34.3 Å². The third-order valence-electron chi connectivity index (χ3n) is 4.82. The SMILES string of the molecule is Cc1ccccc1C(Br)(OC(Br)(c1ccccc1C)C1CO1)C1CO1. The zero-order chi connectivity index (χ0) is 17.7. The van der Waals surface area contributed by atoms with Crippen molar-refractivity contribution in [2.45, 2.75) is 35.1 Å². The van der Waals surface area contributed by atoms with Gasteiger partial charge in [-0.05, 0) is 56.8 Å². The molecule has 4 rings (SSSR count). The number of epoxide rings is 2. The molecule has 2 fully saturated rings. The molecule has 2 aromatic rings. The fourth-order valence-electron chi connectivity index (χ4n) is 3.24. The van der Waals surface area contributed by atoms with E-state index >= 15 is 0 Å². The fourth-order valence-corrected chi connectivity index (χ4v) is 5.39. The van der Waals surface area contributed by atoms with Crippen LogP contribution >= 0.6 is 31.9 Å². The number of rotatable bonds is 6. The Hall–Kier alpha value is -0.720. The van der Waals surface area contributed by atoms with Gasteiger partial charge in [-0.1, -0.05) is 48.5 Å². The van der Waals surface area contributed by atoms with E-state index in [2.05, 4.69) is 70.0 Å². The quantitative estimate of drug-likeness (QED) is 0.447. The molecule has 2 aliphatic heterocycles. The maximum absolute atomic E-state index is 6.79. The summed E-state index contributed by atoms with van der Waals surface area (Å²) in [6.45, 7) is 5.52. The molecule has 4 atom stereocenters. The molecule has 25 heavy (non-hydrogen) atoms. The summed E-state index contributed by atoms with van der Waals surface area (Å²) in [4.78, 5) is 0. The molecule has 2 aliphatic rings. The van der Waals surface area contributed by atoms with Gasteiger partial charge in [-0.2, -0.15) is 0 Å². The summed E-state index contributed by atoms with van der Waals surface area (Å²) in [6, 6.07) is 16.5. The van der Waals surface area contributed by atoms with E-state index in [0.29, 0.717) is 13.2 Å². The van der Waals surface area contributed by atoms with Gasteiger partial charge in [0, 0.05) is 11.1 Å². The number of alkyl halides is 2. The van der Waals surface area contributed by atoms with Gasteiger partial charge in [-0.15, -0.1) is 0 Å². The molecule has 4 unspecified atom stereocenters. The Morgan fingerprint density at radius 2 is 1.16 bits per heavy atom. The van der Waals surface area contributed by atoms with Gasteiger partial charge in [-0.25, -0.2) is 0 Å². The summed E-state index contributed by atoms with van der Waals surface area (Å²) < 4.78 is 16.6. The van der Waals surface area contributed by atoms with Crippen LogP contribution < -0.4 is 0 Å². The van der Waals surface area contributed by atoms with Crippen LogP contribution in [-0.2, 0) is 23.2 Å². The van der Waals surface area contributed by atoms with Crippen molar-refractivity contribution in [1.82, 2.24) is 0 Å². The lowest BCUT2D eigenvalue weighted by Gasteiger charge is -2.38. The van der Waals surface area contributed by atoms with Crippen LogP contribution in [0.4, 0.5) is 0 Å². The van der Waals surface area contributed by atoms with Crippen LogP contribution in [0, 0.1) is 13.8 Å². The van der Waals surface area contributed by atoms with Gasteiger partial charge >= 0.3 is 0 Å². The molecule has 2 aromatic carbocycles. The predicted molar refractivity (Wildman–Crippen MR) is 104 cm³/mol. The molecule has 3 nitrogen and oxygen atoms in total. The molecule has 0 aliphatic carbocycles. The molecule has 0 amide bonds. The van der Waals surface area contributed by atoms with Crippen LogP contribution in [-0.4, -0.2) is 25.4 Å². The predicted octanol–water partition coefficient (Wildman–Crippen LogP) is 4.91. The van der Waals surface area contributed by atoms with Crippen LogP contribution in [0.3, 0.4) is 0 Å². The highest BCUT2D eigenvalue weighted by Gasteiger charge is 2.58. The van der Waals surface area contributed by atoms with Crippen molar-refractivity contribution in [3.05, 3.63) is 70.8 Å². The second-order valence-corrected chi connectivity index (χ2v) is 9.02. The van der Waals surface area contributed by atoms with Gasteiger partial charge in [0.05, 0.1) is 13.2 Å². The molecule has 2 heterocycles. The second kappa shape index (κ2) is 6.46. The van der Waals surface area contributed by atoms with E-state index < -0.39 is 9.02 Å². The summed E-state index contributed by atoms with van der Waals surface area (Å²) in [5.41, 5.74) is 4.48. The molecular formula is C20H20Br2O3. The van der Waals surface area contributed by atoms with Crippen molar-refractivity contribution in [2.24, 2.45) is 0 Å². The van der Waals surface area contributed by atoms with Crippen LogP contribution in [0.5, 0.6) is 0 Å². The lowest BCUT2D eigenvalue weighted by Crippen LogP contribution is -2.41. The van der Waals surface area contributed by atoms with E-state index in [1.165, 1.54) is 0 Å². The number of aryl methyl sites for hydroxylation is 2. The van der Waals surface area contributed by atoms with Crippen molar-refractivity contribution in [3.63, 3.8) is 0 Å². The van der Waals surface area contributed by atoms with Gasteiger partial charge in [0.15, 0.2) is 9.02 Å². The minimum Gasteiger partial charge on any atom is -0.369 e. The Kier molecular flexibility index (Phi) is 4.57. The van der Waals surface area contributed by atoms with E-state index in [-0.39, 0.29) is 12.2 Å². The molecule has 0 radical (unpaired) electrons. The molecule has 5 heteroatoms. The van der Waals surface area contributed by atoms with Crippen LogP contribution in [0.25, 0.3) is 0 Å². The Balaban J connectivity index is 1.78. The monoisotopic (exact) mass is 466 g/mol. The van der Waals surface area contributed by atoms with Crippen molar-refractivity contribution in [2.75, 3.05) is 13.2 Å². The Bertz CT molecular complexity index is 723. The number of ether oxygens (including phenoxy) is 3. The van der Waals surface area contributed by atoms with Crippen LogP contribution in [0.15, 0.2) is 48.5 Å². The molecule has 0 spiro atoms. The number of benzene rings is 2. The summed E-state index contributed by atoms with van der Waals surface area (Å²) in [7, 11) is 0. The Labute approximate surface area is 164 Å². The van der Waals surface area contributed by atoms with Crippen LogP contribution in [0.2, 0.25) is 0 Å². The standard InChI is InChI=1S/C20H20Br2O3/c1-13-7-3-5-9-15(13)19(21,17-11-23-17)25-20(22,18-12-24-18)16-10-6-4-8-14(16)2/h3-10,17-18H,11-12H2,1-2H3. The fraction of sp³-hybridized carbons (Fsp3) is 0.400. The van der Waals surface area contributed by atoms with Gasteiger partial charge in [0.2, 0.25) is 0 Å². The molecule has 2 saturated heterocycles. The molecule has 132 valence electrons. The van der Waals surface area contributed by atoms with Crippen LogP contribution in [0.1, 0.15) is 22.3 Å². The lowest BCUT2D eigenvalue weighted by molar-refractivity contribution is -0.0801. The van der Waals surface area contributed by atoms with Gasteiger partial charge in [-0.3, -0.25) is 0 Å². The minimum absolute atomic E-state index is 0.0340. The zero-order valence-corrected chi connectivity index (χ0v) is 17.3. The first-order valence-electron chi connectivity index (χ1n) is 8.38. The summed E-state index contributed by atoms with van der Waals surface area (Å²) >= 11 is 7.78. The van der Waals surface area contributed by atoms with E-state index in [9.17, 15) is 0 Å². The zero-order valence-electron chi connectivity index (χ0n) is 14.2. The smallest absolute Gasteiger partial charge is 0.178 e. The lowest BCUT2D eigenvalue weighted by atomic mass is 9.98. The second-order valence-electron chi connectivity index (χ2n) is 6.67. The van der Waals surface area contributed by atoms with Crippen molar-refractivity contribution < 1.29 is 14.2 Å². The minimum atomic E-state index is -0.740. The largest absolute Gasteiger partial charge is 0.369 e. The van der Waals surface area contributed by atoms with Crippen molar-refractivity contribution in [3.8, 4) is 0 Å². The number of hydrogen-bond acceptors (Lipinski definition) is 3. The molecule has 0 N–H and O–H groups in total. The van der Waals surface area contributed by atoms with E-state index in [1.807, 2.05) is 24.3 Å². The normalized spacial score (nSPS) is 26.6. The van der Waals surface area contributed by atoms with E-state index in [0.717, 1.165) is 22.3 Å². The first-order valence-corrected chi connectivity index (χ1v) is 9.97. The van der Waals surface area contributed by atoms with E-state index in [1.54, 1.807) is 0 Å². The average Bonchev–Trinajstić information content (AvgIpc) is 3.48. The molecular weight excluding hydrogens is 448 g/mol. The van der Waals surface area contributed by atoms with E-state index in [4.69, 9.17) is 14.2 Å². The first-order chi connectivity index (χ1) is 11.9. The first kappa shape index (κ1) is 17.7. The maximum atomic E-state index is 6.79. The Morgan fingerprint density at radius 3 is 1.48 bits per heavy atom. The summed E-state index contributed by atoms with van der Waals surface area (Å²) in [6.07, 6.45) is -0.0680. The van der Waals surface area contributed by atoms with Gasteiger partial charge in [0.25, 0.3) is 0 Å². The van der Waals surface area contributed by atoms with Crippen molar-refractivity contribution in [1.29, 1.82) is 0 Å². The number of hydrogen-bond donors (Lipinski definition) is 0. The Morgan fingerprint density at radius 1 is 0.800 bits per heavy atom. The van der Waals surface area contributed by atoms with Gasteiger partial charge in [0.1, 0.15) is 12.2 Å².